The van der Waals surface area contributed by atoms with Crippen LogP contribution in [0.3, 0.4) is 0 Å². The highest BCUT2D eigenvalue weighted by molar-refractivity contribution is 5.99. The van der Waals surface area contributed by atoms with Gasteiger partial charge in [0.2, 0.25) is 0 Å². The number of anilines is 1. The molecule has 2 rings (SSSR count). The Morgan fingerprint density at radius 3 is 2.95 bits per heavy atom. The third-order valence-corrected chi connectivity index (χ3v) is 3.75. The quantitative estimate of drug-likeness (QED) is 0.875. The maximum atomic E-state index is 12.7. The summed E-state index contributed by atoms with van der Waals surface area (Å²) in [7, 11) is 0. The summed E-state index contributed by atoms with van der Waals surface area (Å²) in [5.74, 6) is 0.108. The van der Waals surface area contributed by atoms with Crippen LogP contribution in [0.5, 0.6) is 0 Å². The van der Waals surface area contributed by atoms with Crippen molar-refractivity contribution in [2.45, 2.75) is 39.2 Å². The van der Waals surface area contributed by atoms with Crippen LogP contribution >= 0.6 is 0 Å². The molecule has 1 unspecified atom stereocenters. The Balaban J connectivity index is 2.05. The molecule has 0 spiro atoms. The SMILES string of the molecule is CCCOC1CCCN(C(=O)c2ccccc2NCC)C1. The van der Waals surface area contributed by atoms with Crippen LogP contribution in [0.25, 0.3) is 0 Å². The van der Waals surface area contributed by atoms with E-state index >= 15 is 0 Å². The molecule has 1 atom stereocenters. The molecule has 116 valence electrons. The van der Waals surface area contributed by atoms with E-state index in [1.807, 2.05) is 36.1 Å². The summed E-state index contributed by atoms with van der Waals surface area (Å²) in [6.45, 7) is 7.27. The van der Waals surface area contributed by atoms with Crippen molar-refractivity contribution in [2.24, 2.45) is 0 Å². The highest BCUT2D eigenvalue weighted by Crippen LogP contribution is 2.21. The predicted molar refractivity (Wildman–Crippen MR) is 85.8 cm³/mol. The monoisotopic (exact) mass is 290 g/mol. The van der Waals surface area contributed by atoms with E-state index in [4.69, 9.17) is 4.74 Å². The van der Waals surface area contributed by atoms with Crippen molar-refractivity contribution in [1.82, 2.24) is 4.90 Å². The molecule has 0 aliphatic carbocycles. The zero-order chi connectivity index (χ0) is 15.1. The zero-order valence-electron chi connectivity index (χ0n) is 13.1. The number of benzene rings is 1. The van der Waals surface area contributed by atoms with Crippen LogP contribution in [0.2, 0.25) is 0 Å². The van der Waals surface area contributed by atoms with Crippen molar-refractivity contribution in [1.29, 1.82) is 0 Å². The van der Waals surface area contributed by atoms with E-state index in [9.17, 15) is 4.79 Å². The van der Waals surface area contributed by atoms with Gasteiger partial charge >= 0.3 is 0 Å². The number of rotatable bonds is 6. The van der Waals surface area contributed by atoms with E-state index in [1.54, 1.807) is 0 Å². The molecule has 4 nitrogen and oxygen atoms in total. The molecule has 1 saturated heterocycles. The molecule has 1 aliphatic rings. The smallest absolute Gasteiger partial charge is 0.256 e. The third kappa shape index (κ3) is 4.21. The largest absolute Gasteiger partial charge is 0.385 e. The van der Waals surface area contributed by atoms with Crippen LogP contribution < -0.4 is 5.32 Å². The topological polar surface area (TPSA) is 41.6 Å². The van der Waals surface area contributed by atoms with Gasteiger partial charge in [-0.25, -0.2) is 0 Å². The fourth-order valence-electron chi connectivity index (χ4n) is 2.73. The molecular weight excluding hydrogens is 264 g/mol. The minimum Gasteiger partial charge on any atom is -0.385 e. The molecule has 0 aromatic heterocycles. The Kier molecular flexibility index (Phi) is 6.05. The van der Waals surface area contributed by atoms with Crippen molar-refractivity contribution < 1.29 is 9.53 Å². The molecule has 1 fully saturated rings. The van der Waals surface area contributed by atoms with Crippen molar-refractivity contribution in [2.75, 3.05) is 31.6 Å². The third-order valence-electron chi connectivity index (χ3n) is 3.75. The van der Waals surface area contributed by atoms with Crippen LogP contribution in [-0.2, 0) is 4.74 Å². The number of para-hydroxylation sites is 1. The Hall–Kier alpha value is -1.55. The number of nitrogens with one attached hydrogen (secondary N) is 1. The molecule has 1 N–H and O–H groups in total. The number of likely N-dealkylation sites (tertiary alicyclic amines) is 1. The molecule has 4 heteroatoms. The fraction of sp³-hybridized carbons (Fsp3) is 0.588. The lowest BCUT2D eigenvalue weighted by Gasteiger charge is -2.33. The second kappa shape index (κ2) is 8.03. The van der Waals surface area contributed by atoms with E-state index in [-0.39, 0.29) is 12.0 Å². The van der Waals surface area contributed by atoms with E-state index < -0.39 is 0 Å². The molecule has 0 radical (unpaired) electrons. The molecule has 1 amide bonds. The normalized spacial score (nSPS) is 18.6. The molecule has 1 aliphatic heterocycles. The van der Waals surface area contributed by atoms with Gasteiger partial charge in [0.1, 0.15) is 0 Å². The maximum absolute atomic E-state index is 12.7. The first kappa shape index (κ1) is 15.8. The summed E-state index contributed by atoms with van der Waals surface area (Å²) in [5.41, 5.74) is 1.68. The van der Waals surface area contributed by atoms with Gasteiger partial charge in [0.25, 0.3) is 5.91 Å². The van der Waals surface area contributed by atoms with Gasteiger partial charge < -0.3 is 15.0 Å². The van der Waals surface area contributed by atoms with Crippen LogP contribution in [0.4, 0.5) is 5.69 Å². The van der Waals surface area contributed by atoms with E-state index in [0.717, 1.165) is 50.2 Å². The number of carbonyl (C=O) groups excluding carboxylic acids is 1. The fourth-order valence-corrected chi connectivity index (χ4v) is 2.73. The van der Waals surface area contributed by atoms with Gasteiger partial charge in [-0.15, -0.1) is 0 Å². The first-order valence-electron chi connectivity index (χ1n) is 8.00. The summed E-state index contributed by atoms with van der Waals surface area (Å²) in [6, 6.07) is 7.74. The van der Waals surface area contributed by atoms with E-state index in [1.165, 1.54) is 0 Å². The van der Waals surface area contributed by atoms with Gasteiger partial charge in [-0.05, 0) is 38.3 Å². The van der Waals surface area contributed by atoms with E-state index in [0.29, 0.717) is 6.54 Å². The molecule has 0 saturated carbocycles. The minimum atomic E-state index is 0.108. The lowest BCUT2D eigenvalue weighted by atomic mass is 10.1. The molecule has 1 aromatic carbocycles. The number of hydrogen-bond donors (Lipinski definition) is 1. The predicted octanol–water partition coefficient (Wildman–Crippen LogP) is 3.15. The summed E-state index contributed by atoms with van der Waals surface area (Å²) < 4.78 is 5.82. The number of nitrogens with zero attached hydrogens (tertiary/aromatic N) is 1. The second-order valence-electron chi connectivity index (χ2n) is 5.46. The summed E-state index contributed by atoms with van der Waals surface area (Å²) in [6.07, 6.45) is 3.28. The first-order chi connectivity index (χ1) is 10.3. The van der Waals surface area contributed by atoms with Crippen LogP contribution in [0, 0.1) is 0 Å². The van der Waals surface area contributed by atoms with Crippen LogP contribution in [-0.4, -0.2) is 43.2 Å². The number of amides is 1. The Labute approximate surface area is 127 Å². The highest BCUT2D eigenvalue weighted by Gasteiger charge is 2.25. The van der Waals surface area contributed by atoms with Crippen LogP contribution in [0.15, 0.2) is 24.3 Å². The lowest BCUT2D eigenvalue weighted by Crippen LogP contribution is -2.43. The van der Waals surface area contributed by atoms with Gasteiger partial charge in [0.05, 0.1) is 11.7 Å². The van der Waals surface area contributed by atoms with Gasteiger partial charge in [-0.1, -0.05) is 19.1 Å². The van der Waals surface area contributed by atoms with Crippen molar-refractivity contribution in [3.05, 3.63) is 29.8 Å². The summed E-state index contributed by atoms with van der Waals surface area (Å²) in [4.78, 5) is 14.7. The summed E-state index contributed by atoms with van der Waals surface area (Å²) >= 11 is 0. The standard InChI is InChI=1S/C17H26N2O2/c1-3-12-21-14-8-7-11-19(13-14)17(20)15-9-5-6-10-16(15)18-4-2/h5-6,9-10,14,18H,3-4,7-8,11-13H2,1-2H3. The molecule has 21 heavy (non-hydrogen) atoms. The Morgan fingerprint density at radius 2 is 2.19 bits per heavy atom. The van der Waals surface area contributed by atoms with Crippen LogP contribution in [0.1, 0.15) is 43.5 Å². The Bertz CT molecular complexity index is 462. The number of piperidine rings is 1. The average molecular weight is 290 g/mol. The number of hydrogen-bond acceptors (Lipinski definition) is 3. The Morgan fingerprint density at radius 1 is 1.38 bits per heavy atom. The molecule has 1 aromatic rings. The lowest BCUT2D eigenvalue weighted by molar-refractivity contribution is 0.00214. The maximum Gasteiger partial charge on any atom is 0.256 e. The van der Waals surface area contributed by atoms with Crippen molar-refractivity contribution >= 4 is 11.6 Å². The van der Waals surface area contributed by atoms with Crippen molar-refractivity contribution in [3.63, 3.8) is 0 Å². The minimum absolute atomic E-state index is 0.108. The number of carbonyl (C=O) groups is 1. The van der Waals surface area contributed by atoms with Gasteiger partial charge in [-0.2, -0.15) is 0 Å². The molecule has 1 heterocycles. The summed E-state index contributed by atoms with van der Waals surface area (Å²) in [5, 5.41) is 3.26. The second-order valence-corrected chi connectivity index (χ2v) is 5.46. The van der Waals surface area contributed by atoms with Gasteiger partial charge in [-0.3, -0.25) is 4.79 Å². The highest BCUT2D eigenvalue weighted by atomic mass is 16.5. The first-order valence-corrected chi connectivity index (χ1v) is 8.00. The molecule has 0 bridgehead atoms. The molecular formula is C17H26N2O2. The van der Waals surface area contributed by atoms with E-state index in [2.05, 4.69) is 12.2 Å². The van der Waals surface area contributed by atoms with Gasteiger partial charge in [0, 0.05) is 31.9 Å². The average Bonchev–Trinajstić information content (AvgIpc) is 2.53. The zero-order valence-corrected chi connectivity index (χ0v) is 13.1. The number of ether oxygens (including phenoxy) is 1. The van der Waals surface area contributed by atoms with Crippen molar-refractivity contribution in [3.8, 4) is 0 Å². The van der Waals surface area contributed by atoms with Gasteiger partial charge in [0.15, 0.2) is 0 Å².